The van der Waals surface area contributed by atoms with Gasteiger partial charge in [0.05, 0.1) is 0 Å². The molecule has 7 nitrogen and oxygen atoms in total. The molecule has 0 heterocycles. The maximum Gasteiger partial charge on any atom is 0.631 e. The maximum absolute atomic E-state index is 10.1. The van der Waals surface area contributed by atoms with E-state index in [1.54, 1.807) is 0 Å². The van der Waals surface area contributed by atoms with Crippen LogP contribution in [0.5, 0.6) is 0 Å². The summed E-state index contributed by atoms with van der Waals surface area (Å²) < 4.78 is 0. The lowest BCUT2D eigenvalue weighted by Crippen LogP contribution is -2.29. The predicted octanol–water partition coefficient (Wildman–Crippen LogP) is -2.52. The minimum atomic E-state index is -2.17. The summed E-state index contributed by atoms with van der Waals surface area (Å²) >= 11 is 0. The van der Waals surface area contributed by atoms with Crippen LogP contribution >= 0.6 is 0 Å². The molecule has 0 saturated carbocycles. The number of carbonyl (C=O) groups is 1. The van der Waals surface area contributed by atoms with Crippen molar-refractivity contribution in [3.05, 3.63) is 0 Å². The number of nitrogens with two attached hydrogens (primary N) is 2. The Hall–Kier alpha value is -0.665. The summed E-state index contributed by atoms with van der Waals surface area (Å²) in [5, 5.41) is 29.8. The summed E-state index contributed by atoms with van der Waals surface area (Å²) in [7, 11) is -2.17. The normalized spacial score (nSPS) is 11.2. The molecule has 0 aliphatic rings. The van der Waals surface area contributed by atoms with Crippen molar-refractivity contribution >= 4 is 13.3 Å². The topological polar surface area (TPSA) is 150 Å². The molecule has 0 aliphatic heterocycles. The van der Waals surface area contributed by atoms with Gasteiger partial charge in [-0.2, -0.15) is 0 Å². The summed E-state index contributed by atoms with van der Waals surface area (Å²) in [5.41, 5.74) is 10.4. The lowest BCUT2D eigenvalue weighted by Gasteiger charge is -2.03. The van der Waals surface area contributed by atoms with Crippen LogP contribution in [-0.4, -0.2) is 46.1 Å². The van der Waals surface area contributed by atoms with Crippen LogP contribution in [0.2, 0.25) is 0 Å². The fourth-order valence-corrected chi connectivity index (χ4v) is 0.632. The SMILES string of the molecule is NCCCCC(N)C(=O)O.OB(O)O. The first-order chi connectivity index (χ1) is 6.41. The third-order valence-corrected chi connectivity index (χ3v) is 1.29. The number of hydrogen-bond donors (Lipinski definition) is 6. The second kappa shape index (κ2) is 10.4. The molecule has 0 spiro atoms. The number of hydrogen-bond acceptors (Lipinski definition) is 6. The Bertz CT molecular complexity index is 143. The van der Waals surface area contributed by atoms with E-state index < -0.39 is 19.3 Å². The smallest absolute Gasteiger partial charge is 0.480 e. The van der Waals surface area contributed by atoms with Gasteiger partial charge in [-0.3, -0.25) is 4.79 Å². The molecule has 8 heteroatoms. The highest BCUT2D eigenvalue weighted by atomic mass is 16.5. The third kappa shape index (κ3) is 17.4. The Morgan fingerprint density at radius 1 is 1.29 bits per heavy atom. The van der Waals surface area contributed by atoms with Crippen molar-refractivity contribution in [2.24, 2.45) is 11.5 Å². The van der Waals surface area contributed by atoms with E-state index in [1.165, 1.54) is 0 Å². The summed E-state index contributed by atoms with van der Waals surface area (Å²) in [6, 6.07) is -0.716. The Balaban J connectivity index is 0. The molecule has 14 heavy (non-hydrogen) atoms. The Morgan fingerprint density at radius 3 is 2.00 bits per heavy atom. The van der Waals surface area contributed by atoms with Crippen LogP contribution < -0.4 is 11.5 Å². The lowest BCUT2D eigenvalue weighted by molar-refractivity contribution is -0.138. The summed E-state index contributed by atoms with van der Waals surface area (Å²) in [5.74, 6) is -0.933. The second-order valence-electron chi connectivity index (χ2n) is 2.58. The molecule has 0 aromatic heterocycles. The monoisotopic (exact) mass is 208 g/mol. The van der Waals surface area contributed by atoms with E-state index in [-0.39, 0.29) is 0 Å². The Morgan fingerprint density at radius 2 is 1.71 bits per heavy atom. The average molecular weight is 208 g/mol. The number of rotatable bonds is 5. The number of aliphatic carboxylic acids is 1. The van der Waals surface area contributed by atoms with E-state index >= 15 is 0 Å². The molecule has 0 saturated heterocycles. The fourth-order valence-electron chi connectivity index (χ4n) is 0.632. The van der Waals surface area contributed by atoms with Gasteiger partial charge in [0.1, 0.15) is 6.04 Å². The molecule has 1 unspecified atom stereocenters. The Kier molecular flexibility index (Phi) is 11.7. The highest BCUT2D eigenvalue weighted by Gasteiger charge is 2.09. The molecule has 0 aromatic rings. The number of unbranched alkanes of at least 4 members (excludes halogenated alkanes) is 1. The van der Waals surface area contributed by atoms with Crippen molar-refractivity contribution in [2.45, 2.75) is 25.3 Å². The van der Waals surface area contributed by atoms with Crippen LogP contribution in [-0.2, 0) is 4.79 Å². The Labute approximate surface area is 82.5 Å². The molecule has 0 aliphatic carbocycles. The molecular formula is C6H17BN2O5. The van der Waals surface area contributed by atoms with Crippen LogP contribution in [0.15, 0.2) is 0 Å². The van der Waals surface area contributed by atoms with Crippen LogP contribution in [0.3, 0.4) is 0 Å². The van der Waals surface area contributed by atoms with Crippen LogP contribution in [0.4, 0.5) is 0 Å². The zero-order chi connectivity index (χ0) is 11.6. The van der Waals surface area contributed by atoms with Gasteiger partial charge in [0, 0.05) is 0 Å². The molecule has 0 amide bonds. The van der Waals surface area contributed by atoms with Crippen molar-refractivity contribution in [2.75, 3.05) is 6.54 Å². The zero-order valence-electron chi connectivity index (χ0n) is 7.83. The minimum absolute atomic E-state index is 0.520. The van der Waals surface area contributed by atoms with Gasteiger partial charge in [-0.15, -0.1) is 0 Å². The largest absolute Gasteiger partial charge is 0.631 e. The molecule has 1 atom stereocenters. The summed E-state index contributed by atoms with van der Waals surface area (Å²) in [4.78, 5) is 10.1. The van der Waals surface area contributed by atoms with Gasteiger partial charge in [0.2, 0.25) is 0 Å². The quantitative estimate of drug-likeness (QED) is 0.215. The van der Waals surface area contributed by atoms with Crippen LogP contribution in [0.1, 0.15) is 19.3 Å². The molecule has 0 fully saturated rings. The minimum Gasteiger partial charge on any atom is -0.480 e. The van der Waals surface area contributed by atoms with E-state index in [0.29, 0.717) is 13.0 Å². The summed E-state index contributed by atoms with van der Waals surface area (Å²) in [6.45, 7) is 0.604. The molecule has 8 N–H and O–H groups in total. The molecule has 0 bridgehead atoms. The molecule has 0 aromatic carbocycles. The van der Waals surface area contributed by atoms with Gasteiger partial charge in [-0.05, 0) is 19.4 Å². The second-order valence-corrected chi connectivity index (χ2v) is 2.58. The fraction of sp³-hybridized carbons (Fsp3) is 0.833. The van der Waals surface area contributed by atoms with Crippen molar-refractivity contribution in [1.29, 1.82) is 0 Å². The predicted molar refractivity (Wildman–Crippen MR) is 50.9 cm³/mol. The first kappa shape index (κ1) is 15.8. The number of carboxylic acids is 1. The van der Waals surface area contributed by atoms with E-state index in [1.807, 2.05) is 0 Å². The van der Waals surface area contributed by atoms with E-state index in [2.05, 4.69) is 0 Å². The van der Waals surface area contributed by atoms with Gasteiger partial charge in [0.15, 0.2) is 0 Å². The van der Waals surface area contributed by atoms with Crippen molar-refractivity contribution < 1.29 is 25.0 Å². The molecule has 0 rings (SSSR count). The third-order valence-electron chi connectivity index (χ3n) is 1.29. The highest BCUT2D eigenvalue weighted by Crippen LogP contribution is 1.96. The number of carboxylic acid groups (broad SMARTS) is 1. The van der Waals surface area contributed by atoms with Gasteiger partial charge >= 0.3 is 13.3 Å². The first-order valence-electron chi connectivity index (χ1n) is 4.14. The van der Waals surface area contributed by atoms with E-state index in [0.717, 1.165) is 12.8 Å². The van der Waals surface area contributed by atoms with Crippen LogP contribution in [0.25, 0.3) is 0 Å². The van der Waals surface area contributed by atoms with Crippen molar-refractivity contribution in [3.8, 4) is 0 Å². The zero-order valence-corrected chi connectivity index (χ0v) is 7.83. The molecular weight excluding hydrogens is 191 g/mol. The standard InChI is InChI=1S/C6H14N2O2.BH3O3/c7-4-2-1-3-5(8)6(9)10;2-1(3)4/h5H,1-4,7-8H2,(H,9,10);2-4H. The van der Waals surface area contributed by atoms with Gasteiger partial charge < -0.3 is 31.6 Å². The van der Waals surface area contributed by atoms with Gasteiger partial charge in [-0.1, -0.05) is 6.42 Å². The van der Waals surface area contributed by atoms with E-state index in [4.69, 9.17) is 31.6 Å². The maximum atomic E-state index is 10.1. The van der Waals surface area contributed by atoms with E-state index in [9.17, 15) is 4.79 Å². The molecule has 0 radical (unpaired) electrons. The summed E-state index contributed by atoms with van der Waals surface area (Å²) in [6.07, 6.45) is 2.16. The average Bonchev–Trinajstić information content (AvgIpc) is 2.03. The van der Waals surface area contributed by atoms with Gasteiger partial charge in [-0.25, -0.2) is 0 Å². The lowest BCUT2D eigenvalue weighted by atomic mass is 10.1. The van der Waals surface area contributed by atoms with Crippen molar-refractivity contribution in [3.63, 3.8) is 0 Å². The molecule has 84 valence electrons. The van der Waals surface area contributed by atoms with Gasteiger partial charge in [0.25, 0.3) is 0 Å². The first-order valence-corrected chi connectivity index (χ1v) is 4.14. The van der Waals surface area contributed by atoms with Crippen LogP contribution in [0, 0.1) is 0 Å². The van der Waals surface area contributed by atoms with Crippen molar-refractivity contribution in [1.82, 2.24) is 0 Å². The highest BCUT2D eigenvalue weighted by molar-refractivity contribution is 6.30.